The Kier molecular flexibility index (Phi) is 5.23. The predicted octanol–water partition coefficient (Wildman–Crippen LogP) is 3.66. The van der Waals surface area contributed by atoms with Gasteiger partial charge < -0.3 is 16.4 Å². The minimum atomic E-state index is -2.65. The van der Waals surface area contributed by atoms with Gasteiger partial charge in [-0.25, -0.2) is 18.3 Å². The maximum absolute atomic E-state index is 13.0. The van der Waals surface area contributed by atoms with E-state index in [4.69, 9.17) is 5.73 Å². The van der Waals surface area contributed by atoms with E-state index in [1.807, 2.05) is 0 Å². The van der Waals surface area contributed by atoms with Gasteiger partial charge in [0, 0.05) is 29.0 Å². The molecule has 0 unspecified atom stereocenters. The van der Waals surface area contributed by atoms with E-state index in [0.29, 0.717) is 11.5 Å². The van der Waals surface area contributed by atoms with Crippen LogP contribution in [0.1, 0.15) is 48.0 Å². The van der Waals surface area contributed by atoms with Gasteiger partial charge in [-0.15, -0.1) is 11.3 Å². The van der Waals surface area contributed by atoms with Crippen molar-refractivity contribution in [2.45, 2.75) is 44.2 Å². The third kappa shape index (κ3) is 3.69. The highest BCUT2D eigenvalue weighted by atomic mass is 32.1. The maximum atomic E-state index is 13.0. The molecule has 0 bridgehead atoms. The summed E-state index contributed by atoms with van der Waals surface area (Å²) in [6.07, 6.45) is 4.60. The SMILES string of the molecule is N[C@H]1CCCC[C@H]1Nc1ccn2ncc(C(=O)Nc3cscc3C(F)F)c2n1. The lowest BCUT2D eigenvalue weighted by atomic mass is 9.91. The Bertz CT molecular complexity index is 988. The molecule has 1 fully saturated rings. The summed E-state index contributed by atoms with van der Waals surface area (Å²) in [4.78, 5) is 17.1. The van der Waals surface area contributed by atoms with Crippen LogP contribution < -0.4 is 16.4 Å². The number of anilines is 2. The van der Waals surface area contributed by atoms with E-state index < -0.39 is 12.3 Å². The normalized spacial score (nSPS) is 19.9. The second kappa shape index (κ2) is 7.80. The van der Waals surface area contributed by atoms with E-state index in [-0.39, 0.29) is 28.9 Å². The van der Waals surface area contributed by atoms with Crippen molar-refractivity contribution in [1.82, 2.24) is 14.6 Å². The van der Waals surface area contributed by atoms with Gasteiger partial charge in [0.1, 0.15) is 11.4 Å². The van der Waals surface area contributed by atoms with Crippen molar-refractivity contribution in [2.75, 3.05) is 10.6 Å². The van der Waals surface area contributed by atoms with E-state index in [0.717, 1.165) is 37.0 Å². The number of aromatic nitrogens is 3. The summed E-state index contributed by atoms with van der Waals surface area (Å²) in [5, 5.41) is 12.8. The van der Waals surface area contributed by atoms with Crippen LogP contribution >= 0.6 is 11.3 Å². The number of carbonyl (C=O) groups is 1. The predicted molar refractivity (Wildman–Crippen MR) is 104 cm³/mol. The lowest BCUT2D eigenvalue weighted by molar-refractivity contribution is 0.102. The topological polar surface area (TPSA) is 97.3 Å². The molecule has 0 aromatic carbocycles. The van der Waals surface area contributed by atoms with Crippen LogP contribution in [0.25, 0.3) is 5.65 Å². The number of thiophene rings is 1. The number of amides is 1. The lowest BCUT2D eigenvalue weighted by Crippen LogP contribution is -2.42. The Morgan fingerprint density at radius 2 is 2.14 bits per heavy atom. The van der Waals surface area contributed by atoms with Gasteiger partial charge in [-0.3, -0.25) is 4.79 Å². The fourth-order valence-corrected chi connectivity index (χ4v) is 4.18. The number of nitrogens with two attached hydrogens (primary N) is 1. The highest BCUT2D eigenvalue weighted by molar-refractivity contribution is 7.08. The molecule has 0 saturated heterocycles. The van der Waals surface area contributed by atoms with Crippen LogP contribution in [0.3, 0.4) is 0 Å². The minimum Gasteiger partial charge on any atom is -0.366 e. The smallest absolute Gasteiger partial charge is 0.266 e. The van der Waals surface area contributed by atoms with Crippen LogP contribution in [-0.2, 0) is 0 Å². The Hall–Kier alpha value is -2.59. The quantitative estimate of drug-likeness (QED) is 0.601. The van der Waals surface area contributed by atoms with Gasteiger partial charge in [0.25, 0.3) is 12.3 Å². The standard InChI is InChI=1S/C18H20F2N6OS/c19-16(20)11-8-28-9-14(11)24-18(27)10-7-22-26-6-5-15(25-17(10)26)23-13-4-2-1-3-12(13)21/h5-9,12-13,16H,1-4,21H2,(H,23,25)(H,24,27)/t12-,13+/m0/s1. The summed E-state index contributed by atoms with van der Waals surface area (Å²) in [7, 11) is 0. The van der Waals surface area contributed by atoms with Crippen LogP contribution in [0.15, 0.2) is 29.2 Å². The third-order valence-corrected chi connectivity index (χ3v) is 5.70. The molecule has 148 valence electrons. The van der Waals surface area contributed by atoms with Crippen molar-refractivity contribution in [3.05, 3.63) is 40.3 Å². The molecule has 0 aliphatic heterocycles. The van der Waals surface area contributed by atoms with Gasteiger partial charge >= 0.3 is 0 Å². The largest absolute Gasteiger partial charge is 0.366 e. The Morgan fingerprint density at radius 3 is 2.93 bits per heavy atom. The summed E-state index contributed by atoms with van der Waals surface area (Å²) >= 11 is 1.11. The molecule has 1 aliphatic rings. The monoisotopic (exact) mass is 406 g/mol. The number of halogens is 2. The van der Waals surface area contributed by atoms with Gasteiger partial charge in [0.15, 0.2) is 5.65 Å². The first kappa shape index (κ1) is 18.8. The first-order valence-electron chi connectivity index (χ1n) is 9.05. The first-order valence-corrected chi connectivity index (χ1v) is 9.99. The molecule has 7 nitrogen and oxygen atoms in total. The number of nitrogens with one attached hydrogen (secondary N) is 2. The zero-order valence-electron chi connectivity index (χ0n) is 14.9. The summed E-state index contributed by atoms with van der Waals surface area (Å²) in [6.45, 7) is 0. The molecule has 28 heavy (non-hydrogen) atoms. The molecule has 4 rings (SSSR count). The van der Waals surface area contributed by atoms with Gasteiger partial charge in [-0.1, -0.05) is 12.8 Å². The average molecular weight is 406 g/mol. The first-order chi connectivity index (χ1) is 13.5. The number of fused-ring (bicyclic) bond motifs is 1. The fraction of sp³-hybridized carbons (Fsp3) is 0.389. The molecule has 1 aliphatic carbocycles. The molecular formula is C18H20F2N6OS. The van der Waals surface area contributed by atoms with E-state index in [2.05, 4.69) is 20.7 Å². The van der Waals surface area contributed by atoms with Crippen LogP contribution in [0.5, 0.6) is 0 Å². The third-order valence-electron chi connectivity index (χ3n) is 4.94. The van der Waals surface area contributed by atoms with E-state index in [1.165, 1.54) is 21.5 Å². The van der Waals surface area contributed by atoms with Crippen LogP contribution in [0, 0.1) is 0 Å². The van der Waals surface area contributed by atoms with Crippen molar-refractivity contribution < 1.29 is 13.6 Å². The molecule has 1 saturated carbocycles. The zero-order chi connectivity index (χ0) is 19.7. The van der Waals surface area contributed by atoms with Crippen molar-refractivity contribution in [1.29, 1.82) is 0 Å². The average Bonchev–Trinajstić information content (AvgIpc) is 3.30. The summed E-state index contributed by atoms with van der Waals surface area (Å²) in [5.74, 6) is 0.0718. The molecule has 3 aromatic rings. The van der Waals surface area contributed by atoms with Crippen LogP contribution in [0.4, 0.5) is 20.3 Å². The number of nitrogens with zero attached hydrogens (tertiary/aromatic N) is 3. The minimum absolute atomic E-state index is 0.0609. The van der Waals surface area contributed by atoms with Crippen molar-refractivity contribution in [3.8, 4) is 0 Å². The zero-order valence-corrected chi connectivity index (χ0v) is 15.8. The van der Waals surface area contributed by atoms with E-state index in [9.17, 15) is 13.6 Å². The van der Waals surface area contributed by atoms with Gasteiger partial charge in [-0.2, -0.15) is 5.10 Å². The summed E-state index contributed by atoms with van der Waals surface area (Å²) < 4.78 is 27.5. The van der Waals surface area contributed by atoms with Gasteiger partial charge in [0.2, 0.25) is 0 Å². The lowest BCUT2D eigenvalue weighted by Gasteiger charge is -2.29. The number of hydrogen-bond acceptors (Lipinski definition) is 6. The molecule has 3 aromatic heterocycles. The van der Waals surface area contributed by atoms with E-state index in [1.54, 1.807) is 12.3 Å². The Morgan fingerprint density at radius 1 is 1.32 bits per heavy atom. The highest BCUT2D eigenvalue weighted by Crippen LogP contribution is 2.31. The van der Waals surface area contributed by atoms with Crippen molar-refractivity contribution in [2.24, 2.45) is 5.73 Å². The second-order valence-corrected chi connectivity index (χ2v) is 7.58. The fourth-order valence-electron chi connectivity index (χ4n) is 3.41. The summed E-state index contributed by atoms with van der Waals surface area (Å²) in [6, 6.07) is 1.96. The molecular weight excluding hydrogens is 386 g/mol. The molecule has 4 N–H and O–H groups in total. The van der Waals surface area contributed by atoms with Gasteiger partial charge in [0.05, 0.1) is 17.4 Å². The Labute approximate surface area is 164 Å². The van der Waals surface area contributed by atoms with E-state index >= 15 is 0 Å². The highest BCUT2D eigenvalue weighted by Gasteiger charge is 2.23. The molecule has 3 heterocycles. The number of alkyl halides is 2. The molecule has 2 atom stereocenters. The van der Waals surface area contributed by atoms with Gasteiger partial charge in [-0.05, 0) is 18.9 Å². The Balaban J connectivity index is 1.57. The van der Waals surface area contributed by atoms with Crippen molar-refractivity contribution in [3.63, 3.8) is 0 Å². The number of rotatable bonds is 5. The van der Waals surface area contributed by atoms with Crippen molar-refractivity contribution >= 4 is 34.4 Å². The summed E-state index contributed by atoms with van der Waals surface area (Å²) in [5.41, 5.74) is 6.64. The molecule has 10 heteroatoms. The van der Waals surface area contributed by atoms with Crippen LogP contribution in [-0.4, -0.2) is 32.6 Å². The van der Waals surface area contributed by atoms with Crippen LogP contribution in [0.2, 0.25) is 0 Å². The molecule has 0 spiro atoms. The second-order valence-electron chi connectivity index (χ2n) is 6.83. The molecule has 1 amide bonds. The maximum Gasteiger partial charge on any atom is 0.266 e. The number of hydrogen-bond donors (Lipinski definition) is 3. The molecule has 0 radical (unpaired) electrons. The number of carbonyl (C=O) groups excluding carboxylic acids is 1.